The third kappa shape index (κ3) is 3.99. The zero-order chi connectivity index (χ0) is 19.8. The molecule has 0 atom stereocenters. The van der Waals surface area contributed by atoms with Gasteiger partial charge in [0.1, 0.15) is 11.6 Å². The van der Waals surface area contributed by atoms with Crippen LogP contribution < -0.4 is 0 Å². The highest BCUT2D eigenvalue weighted by molar-refractivity contribution is 7.89. The van der Waals surface area contributed by atoms with E-state index in [2.05, 4.69) is 0 Å². The second-order valence-corrected chi connectivity index (χ2v) is 10.1. The fourth-order valence-corrected chi connectivity index (χ4v) is 5.86. The number of halogens is 3. The molecule has 0 saturated carbocycles. The lowest BCUT2D eigenvalue weighted by atomic mass is 10.3. The maximum absolute atomic E-state index is 13.3. The standard InChI is InChI=1S/C16H15ClF2N2O4S2/c17-15-11-14(4-5-16(15)19)27(24,25)21-8-6-20(7-9-21)26(22,23)13-3-1-2-12(18)10-13/h1-5,10-11H,6-9H2. The van der Waals surface area contributed by atoms with Crippen molar-refractivity contribution >= 4 is 31.6 Å². The lowest BCUT2D eigenvalue weighted by Crippen LogP contribution is -2.50. The maximum Gasteiger partial charge on any atom is 0.243 e. The number of rotatable bonds is 4. The van der Waals surface area contributed by atoms with Crippen LogP contribution in [0, 0.1) is 11.6 Å². The van der Waals surface area contributed by atoms with E-state index in [0.717, 1.165) is 38.9 Å². The van der Waals surface area contributed by atoms with Crippen molar-refractivity contribution in [2.75, 3.05) is 26.2 Å². The molecule has 0 unspecified atom stereocenters. The minimum Gasteiger partial charge on any atom is -0.207 e. The highest BCUT2D eigenvalue weighted by atomic mass is 35.5. The normalized spacial score (nSPS) is 17.1. The van der Waals surface area contributed by atoms with Gasteiger partial charge in [0.25, 0.3) is 0 Å². The molecule has 6 nitrogen and oxygen atoms in total. The van der Waals surface area contributed by atoms with Gasteiger partial charge in [-0.1, -0.05) is 17.7 Å². The van der Waals surface area contributed by atoms with E-state index in [0.29, 0.717) is 0 Å². The first-order valence-corrected chi connectivity index (χ1v) is 11.1. The van der Waals surface area contributed by atoms with E-state index in [1.165, 1.54) is 12.1 Å². The predicted octanol–water partition coefficient (Wildman–Crippen LogP) is 2.31. The summed E-state index contributed by atoms with van der Waals surface area (Å²) in [6, 6.07) is 7.70. The van der Waals surface area contributed by atoms with Crippen LogP contribution in [0.3, 0.4) is 0 Å². The molecule has 1 aliphatic heterocycles. The molecule has 0 aliphatic carbocycles. The topological polar surface area (TPSA) is 74.8 Å². The molecule has 1 aliphatic rings. The number of hydrogen-bond donors (Lipinski definition) is 0. The molecular weight excluding hydrogens is 422 g/mol. The van der Waals surface area contributed by atoms with E-state index in [9.17, 15) is 25.6 Å². The Morgan fingerprint density at radius 1 is 0.778 bits per heavy atom. The fourth-order valence-electron chi connectivity index (χ4n) is 2.71. The van der Waals surface area contributed by atoms with Gasteiger partial charge in [0.2, 0.25) is 20.0 Å². The minimum absolute atomic E-state index is 0.0903. The Labute approximate surface area is 161 Å². The molecule has 0 amide bonds. The molecular formula is C16H15ClF2N2O4S2. The molecule has 0 aromatic heterocycles. The Bertz CT molecular complexity index is 1070. The van der Waals surface area contributed by atoms with Crippen LogP contribution in [0.2, 0.25) is 5.02 Å². The summed E-state index contributed by atoms with van der Waals surface area (Å²) >= 11 is 5.65. The van der Waals surface area contributed by atoms with E-state index in [-0.39, 0.29) is 41.0 Å². The van der Waals surface area contributed by atoms with Gasteiger partial charge in [0.05, 0.1) is 14.8 Å². The molecule has 11 heteroatoms. The van der Waals surface area contributed by atoms with Crippen LogP contribution in [0.1, 0.15) is 0 Å². The Balaban J connectivity index is 1.77. The summed E-state index contributed by atoms with van der Waals surface area (Å²) in [5.74, 6) is -1.41. The van der Waals surface area contributed by atoms with Crippen LogP contribution in [0.5, 0.6) is 0 Å². The van der Waals surface area contributed by atoms with Gasteiger partial charge in [0.15, 0.2) is 0 Å². The predicted molar refractivity (Wildman–Crippen MR) is 95.3 cm³/mol. The Hall–Kier alpha value is -1.59. The van der Waals surface area contributed by atoms with E-state index in [1.54, 1.807) is 0 Å². The van der Waals surface area contributed by atoms with Gasteiger partial charge in [-0.05, 0) is 36.4 Å². The molecule has 2 aromatic rings. The summed E-state index contributed by atoms with van der Waals surface area (Å²) < 4.78 is 79.3. The molecule has 3 rings (SSSR count). The van der Waals surface area contributed by atoms with Gasteiger partial charge in [-0.25, -0.2) is 25.6 Å². The van der Waals surface area contributed by atoms with Crippen molar-refractivity contribution in [3.8, 4) is 0 Å². The van der Waals surface area contributed by atoms with Crippen LogP contribution >= 0.6 is 11.6 Å². The highest BCUT2D eigenvalue weighted by Crippen LogP contribution is 2.25. The summed E-state index contributed by atoms with van der Waals surface area (Å²) in [5, 5.41) is -0.316. The first-order chi connectivity index (χ1) is 12.6. The summed E-state index contributed by atoms with van der Waals surface area (Å²) in [7, 11) is -7.87. The molecule has 1 heterocycles. The fraction of sp³-hybridized carbons (Fsp3) is 0.250. The number of piperazine rings is 1. The summed E-state index contributed by atoms with van der Waals surface area (Å²) in [6.45, 7) is -0.363. The molecule has 1 saturated heterocycles. The first kappa shape index (κ1) is 20.2. The van der Waals surface area contributed by atoms with E-state index in [1.807, 2.05) is 0 Å². The second kappa shape index (κ2) is 7.44. The largest absolute Gasteiger partial charge is 0.243 e. The lowest BCUT2D eigenvalue weighted by Gasteiger charge is -2.33. The van der Waals surface area contributed by atoms with Crippen molar-refractivity contribution in [3.05, 3.63) is 59.1 Å². The Kier molecular flexibility index (Phi) is 5.55. The van der Waals surface area contributed by atoms with E-state index >= 15 is 0 Å². The van der Waals surface area contributed by atoms with Gasteiger partial charge in [-0.3, -0.25) is 0 Å². The highest BCUT2D eigenvalue weighted by Gasteiger charge is 2.34. The van der Waals surface area contributed by atoms with E-state index in [4.69, 9.17) is 11.6 Å². The third-order valence-electron chi connectivity index (χ3n) is 4.16. The molecule has 1 fully saturated rings. The SMILES string of the molecule is O=S(=O)(c1cccc(F)c1)N1CCN(S(=O)(=O)c2ccc(F)c(Cl)c2)CC1. The van der Waals surface area contributed by atoms with Gasteiger partial charge in [0, 0.05) is 26.2 Å². The average Bonchev–Trinajstić information content (AvgIpc) is 2.64. The van der Waals surface area contributed by atoms with Gasteiger partial charge in [-0.2, -0.15) is 8.61 Å². The molecule has 0 spiro atoms. The summed E-state index contributed by atoms with van der Waals surface area (Å²) in [6.07, 6.45) is 0. The summed E-state index contributed by atoms with van der Waals surface area (Å²) in [4.78, 5) is -0.362. The molecule has 0 bridgehead atoms. The maximum atomic E-state index is 13.3. The quantitative estimate of drug-likeness (QED) is 0.737. The van der Waals surface area contributed by atoms with Crippen molar-refractivity contribution < 1.29 is 25.6 Å². The lowest BCUT2D eigenvalue weighted by molar-refractivity contribution is 0.272. The Morgan fingerprint density at radius 2 is 1.30 bits per heavy atom. The van der Waals surface area contributed by atoms with Gasteiger partial charge in [-0.15, -0.1) is 0 Å². The number of nitrogens with zero attached hydrogens (tertiary/aromatic N) is 2. The number of hydrogen-bond acceptors (Lipinski definition) is 4. The van der Waals surface area contributed by atoms with Crippen molar-refractivity contribution in [2.45, 2.75) is 9.79 Å². The van der Waals surface area contributed by atoms with Crippen LogP contribution in [-0.4, -0.2) is 51.6 Å². The monoisotopic (exact) mass is 436 g/mol. The average molecular weight is 437 g/mol. The molecule has 27 heavy (non-hydrogen) atoms. The van der Waals surface area contributed by atoms with Crippen molar-refractivity contribution in [2.24, 2.45) is 0 Å². The van der Waals surface area contributed by atoms with Crippen molar-refractivity contribution in [1.82, 2.24) is 8.61 Å². The van der Waals surface area contributed by atoms with Crippen LogP contribution in [0.15, 0.2) is 52.3 Å². The molecule has 146 valence electrons. The zero-order valence-electron chi connectivity index (χ0n) is 13.8. The second-order valence-electron chi connectivity index (χ2n) is 5.84. The molecule has 2 aromatic carbocycles. The minimum atomic E-state index is -3.94. The zero-order valence-corrected chi connectivity index (χ0v) is 16.2. The van der Waals surface area contributed by atoms with Crippen LogP contribution in [-0.2, 0) is 20.0 Å². The number of benzene rings is 2. The number of sulfonamides is 2. The van der Waals surface area contributed by atoms with Crippen molar-refractivity contribution in [1.29, 1.82) is 0 Å². The van der Waals surface area contributed by atoms with E-state index < -0.39 is 31.7 Å². The van der Waals surface area contributed by atoms with Gasteiger partial charge >= 0.3 is 0 Å². The smallest absolute Gasteiger partial charge is 0.207 e. The van der Waals surface area contributed by atoms with Gasteiger partial charge < -0.3 is 0 Å². The van der Waals surface area contributed by atoms with Crippen LogP contribution in [0.4, 0.5) is 8.78 Å². The first-order valence-electron chi connectivity index (χ1n) is 7.83. The molecule has 0 radical (unpaired) electrons. The van der Waals surface area contributed by atoms with Crippen molar-refractivity contribution in [3.63, 3.8) is 0 Å². The third-order valence-corrected chi connectivity index (χ3v) is 8.24. The Morgan fingerprint density at radius 3 is 1.78 bits per heavy atom. The summed E-state index contributed by atoms with van der Waals surface area (Å²) in [5.41, 5.74) is 0. The molecule has 0 N–H and O–H groups in total. The van der Waals surface area contributed by atoms with Crippen LogP contribution in [0.25, 0.3) is 0 Å².